The van der Waals surface area contributed by atoms with E-state index in [9.17, 15) is 0 Å². The molecule has 162 valence electrons. The summed E-state index contributed by atoms with van der Waals surface area (Å²) in [5, 5.41) is 6.71. The van der Waals surface area contributed by atoms with Crippen molar-refractivity contribution in [1.82, 2.24) is 10.6 Å². The van der Waals surface area contributed by atoms with Crippen molar-refractivity contribution in [3.05, 3.63) is 35.4 Å². The average molecular weight is 505 g/mol. The number of aryl methyl sites for hydroxylation is 1. The van der Waals surface area contributed by atoms with Crippen molar-refractivity contribution in [1.29, 1.82) is 0 Å². The average Bonchev–Trinajstić information content (AvgIpc) is 2.67. The topological polar surface area (TPSA) is 54.9 Å². The molecule has 0 radical (unpaired) electrons. The van der Waals surface area contributed by atoms with Crippen LogP contribution in [0.3, 0.4) is 0 Å². The van der Waals surface area contributed by atoms with Crippen molar-refractivity contribution >= 4 is 29.9 Å². The van der Waals surface area contributed by atoms with E-state index in [1.54, 1.807) is 7.11 Å². The molecule has 0 spiro atoms. The summed E-state index contributed by atoms with van der Waals surface area (Å²) in [4.78, 5) is 4.68. The Morgan fingerprint density at radius 2 is 1.75 bits per heavy atom. The lowest BCUT2D eigenvalue weighted by molar-refractivity contribution is 0.0689. The van der Waals surface area contributed by atoms with Gasteiger partial charge in [0.15, 0.2) is 5.96 Å². The maximum absolute atomic E-state index is 5.47. The van der Waals surface area contributed by atoms with Gasteiger partial charge in [-0.15, -0.1) is 24.0 Å². The lowest BCUT2D eigenvalue weighted by Gasteiger charge is -2.11. The van der Waals surface area contributed by atoms with Gasteiger partial charge in [0.2, 0.25) is 0 Å². The first kappa shape index (κ1) is 27.1. The lowest BCUT2D eigenvalue weighted by atomic mass is 10.0. The molecule has 0 amide bonds. The Hall–Kier alpha value is -0.860. The molecule has 1 aromatic carbocycles. The Labute approximate surface area is 189 Å². The van der Waals surface area contributed by atoms with Gasteiger partial charge in [-0.2, -0.15) is 0 Å². The van der Waals surface area contributed by atoms with E-state index in [0.717, 1.165) is 57.9 Å². The van der Waals surface area contributed by atoms with E-state index in [-0.39, 0.29) is 24.0 Å². The van der Waals surface area contributed by atoms with Crippen molar-refractivity contribution in [3.8, 4) is 0 Å². The van der Waals surface area contributed by atoms with E-state index in [1.165, 1.54) is 11.1 Å². The number of hydrogen-bond acceptors (Lipinski definition) is 3. The molecular weight excluding hydrogens is 465 g/mol. The highest BCUT2D eigenvalue weighted by molar-refractivity contribution is 14.0. The zero-order chi connectivity index (χ0) is 19.7. The fourth-order valence-corrected chi connectivity index (χ4v) is 2.67. The second-order valence-corrected chi connectivity index (χ2v) is 7.00. The van der Waals surface area contributed by atoms with Gasteiger partial charge >= 0.3 is 0 Å². The van der Waals surface area contributed by atoms with E-state index in [1.807, 2.05) is 0 Å². The molecule has 1 aromatic rings. The number of nitrogens with one attached hydrogen (secondary N) is 2. The van der Waals surface area contributed by atoms with Crippen molar-refractivity contribution < 1.29 is 9.47 Å². The molecule has 0 aromatic heterocycles. The summed E-state index contributed by atoms with van der Waals surface area (Å²) in [7, 11) is 1.69. The summed E-state index contributed by atoms with van der Waals surface area (Å²) in [5.74, 6) is 1.50. The van der Waals surface area contributed by atoms with Crippen molar-refractivity contribution in [3.63, 3.8) is 0 Å². The van der Waals surface area contributed by atoms with E-state index >= 15 is 0 Å². The molecule has 0 bridgehead atoms. The van der Waals surface area contributed by atoms with E-state index in [2.05, 4.69) is 60.7 Å². The van der Waals surface area contributed by atoms with Crippen molar-refractivity contribution in [2.24, 2.45) is 4.99 Å². The van der Waals surface area contributed by atoms with Gasteiger partial charge in [-0.3, -0.25) is 4.99 Å². The lowest BCUT2D eigenvalue weighted by Crippen LogP contribution is -2.38. The van der Waals surface area contributed by atoms with Crippen LogP contribution in [-0.2, 0) is 15.9 Å². The first-order valence-corrected chi connectivity index (χ1v) is 10.3. The van der Waals surface area contributed by atoms with Crippen molar-refractivity contribution in [2.75, 3.05) is 46.6 Å². The number of unbranched alkanes of at least 4 members (excludes halogenated alkanes) is 1. The molecule has 28 heavy (non-hydrogen) atoms. The predicted octanol–water partition coefficient (Wildman–Crippen LogP) is 4.36. The molecule has 0 unspecified atom stereocenters. The monoisotopic (exact) mass is 505 g/mol. The van der Waals surface area contributed by atoms with Crippen LogP contribution in [0.2, 0.25) is 0 Å². The van der Waals surface area contributed by atoms with Gasteiger partial charge in [-0.05, 0) is 49.7 Å². The van der Waals surface area contributed by atoms with Gasteiger partial charge in [-0.1, -0.05) is 38.1 Å². The molecule has 5 nitrogen and oxygen atoms in total. The highest BCUT2D eigenvalue weighted by Crippen LogP contribution is 2.15. The number of rotatable bonds is 14. The SMILES string of the molecule is CCNC(=NCCCc1ccc(C(C)C)cc1)NCCCCOCCOC.I. The maximum Gasteiger partial charge on any atom is 0.191 e. The van der Waals surface area contributed by atoms with Crippen LogP contribution < -0.4 is 10.6 Å². The van der Waals surface area contributed by atoms with Crippen LogP contribution >= 0.6 is 24.0 Å². The minimum atomic E-state index is 0. The smallest absolute Gasteiger partial charge is 0.191 e. The van der Waals surface area contributed by atoms with E-state index in [0.29, 0.717) is 19.1 Å². The van der Waals surface area contributed by atoms with Gasteiger partial charge in [0, 0.05) is 33.4 Å². The van der Waals surface area contributed by atoms with Crippen LogP contribution in [0.1, 0.15) is 57.1 Å². The predicted molar refractivity (Wildman–Crippen MR) is 130 cm³/mol. The normalized spacial score (nSPS) is 11.4. The largest absolute Gasteiger partial charge is 0.382 e. The minimum Gasteiger partial charge on any atom is -0.382 e. The molecular formula is C22H40IN3O2. The second kappa shape index (κ2) is 18.2. The number of nitrogens with zero attached hydrogens (tertiary/aromatic N) is 1. The molecule has 0 aliphatic carbocycles. The molecule has 0 aliphatic heterocycles. The molecule has 2 N–H and O–H groups in total. The first-order valence-electron chi connectivity index (χ1n) is 10.3. The molecule has 6 heteroatoms. The number of benzene rings is 1. The Morgan fingerprint density at radius 3 is 2.39 bits per heavy atom. The van der Waals surface area contributed by atoms with Gasteiger partial charge in [0.1, 0.15) is 0 Å². The molecule has 0 atom stereocenters. The van der Waals surface area contributed by atoms with Crippen LogP contribution in [0, 0.1) is 0 Å². The zero-order valence-corrected chi connectivity index (χ0v) is 20.5. The molecule has 0 saturated carbocycles. The Kier molecular flexibility index (Phi) is 17.6. The summed E-state index contributed by atoms with van der Waals surface area (Å²) in [6.07, 6.45) is 4.24. The molecule has 0 aliphatic rings. The quantitative estimate of drug-likeness (QED) is 0.171. The summed E-state index contributed by atoms with van der Waals surface area (Å²) >= 11 is 0. The Balaban J connectivity index is 0.00000729. The van der Waals surface area contributed by atoms with Crippen LogP contribution in [0.4, 0.5) is 0 Å². The number of guanidine groups is 1. The fourth-order valence-electron chi connectivity index (χ4n) is 2.67. The number of hydrogen-bond donors (Lipinski definition) is 2. The third-order valence-corrected chi connectivity index (χ3v) is 4.32. The summed E-state index contributed by atoms with van der Waals surface area (Å²) in [6, 6.07) is 8.98. The fraction of sp³-hybridized carbons (Fsp3) is 0.682. The third-order valence-electron chi connectivity index (χ3n) is 4.32. The third kappa shape index (κ3) is 13.3. The van der Waals surface area contributed by atoms with Gasteiger partial charge in [0.05, 0.1) is 13.2 Å². The highest BCUT2D eigenvalue weighted by atomic mass is 127. The molecule has 0 saturated heterocycles. The summed E-state index contributed by atoms with van der Waals surface area (Å²) in [6.45, 7) is 11.3. The van der Waals surface area contributed by atoms with Crippen LogP contribution in [0.5, 0.6) is 0 Å². The minimum absolute atomic E-state index is 0. The zero-order valence-electron chi connectivity index (χ0n) is 18.1. The summed E-state index contributed by atoms with van der Waals surface area (Å²) in [5.41, 5.74) is 2.79. The maximum atomic E-state index is 5.47. The van der Waals surface area contributed by atoms with Crippen LogP contribution in [-0.4, -0.2) is 52.5 Å². The van der Waals surface area contributed by atoms with Crippen LogP contribution in [0.15, 0.2) is 29.3 Å². The van der Waals surface area contributed by atoms with Crippen LogP contribution in [0.25, 0.3) is 0 Å². The van der Waals surface area contributed by atoms with Gasteiger partial charge in [0.25, 0.3) is 0 Å². The number of halogens is 1. The summed E-state index contributed by atoms with van der Waals surface area (Å²) < 4.78 is 10.4. The van der Waals surface area contributed by atoms with Gasteiger partial charge < -0.3 is 20.1 Å². The standard InChI is InChI=1S/C22H39N3O2.HI/c1-5-23-22(24-14-6-7-16-27-18-17-26-4)25-15-8-9-20-10-12-21(13-11-20)19(2)3;/h10-13,19H,5-9,14-18H2,1-4H3,(H2,23,24,25);1H. The molecule has 0 fully saturated rings. The molecule has 1 rings (SSSR count). The number of ether oxygens (including phenoxy) is 2. The number of methoxy groups -OCH3 is 1. The van der Waals surface area contributed by atoms with E-state index < -0.39 is 0 Å². The van der Waals surface area contributed by atoms with Crippen molar-refractivity contribution in [2.45, 2.75) is 52.4 Å². The molecule has 0 heterocycles. The van der Waals surface area contributed by atoms with Gasteiger partial charge in [-0.25, -0.2) is 0 Å². The second-order valence-electron chi connectivity index (χ2n) is 7.00. The Morgan fingerprint density at radius 1 is 1.00 bits per heavy atom. The van der Waals surface area contributed by atoms with E-state index in [4.69, 9.17) is 9.47 Å². The highest BCUT2D eigenvalue weighted by Gasteiger charge is 2.00. The Bertz CT molecular complexity index is 507. The first-order chi connectivity index (χ1) is 13.2. The number of aliphatic imine (C=N–C) groups is 1.